The Hall–Kier alpha value is -2.40. The van der Waals surface area contributed by atoms with Gasteiger partial charge >= 0.3 is 0 Å². The normalized spacial score (nSPS) is 10.5. The van der Waals surface area contributed by atoms with Crippen LogP contribution < -0.4 is 10.1 Å². The zero-order valence-electron chi connectivity index (χ0n) is 10.7. The fourth-order valence-corrected chi connectivity index (χ4v) is 1.60. The smallest absolute Gasteiger partial charge is 0.249 e. The molecule has 0 bridgehead atoms. The van der Waals surface area contributed by atoms with E-state index >= 15 is 0 Å². The molecule has 0 atom stereocenters. The number of hydrogen-bond acceptors (Lipinski definition) is 4. The fourth-order valence-electron chi connectivity index (χ4n) is 1.46. The Balaban J connectivity index is 1.98. The Morgan fingerprint density at radius 1 is 1.30 bits per heavy atom. The lowest BCUT2D eigenvalue weighted by molar-refractivity contribution is -0.111. The summed E-state index contributed by atoms with van der Waals surface area (Å²) in [5.41, 5.74) is 0.890. The van der Waals surface area contributed by atoms with Gasteiger partial charge in [-0.1, -0.05) is 23.7 Å². The van der Waals surface area contributed by atoms with Gasteiger partial charge in [-0.25, -0.2) is 9.97 Å². The fraction of sp³-hybridized carbons (Fsp3) is 0.0714. The number of carbonyl (C=O) groups excluding carboxylic acids is 1. The van der Waals surface area contributed by atoms with Crippen molar-refractivity contribution < 1.29 is 9.53 Å². The quantitative estimate of drug-likeness (QED) is 0.694. The van der Waals surface area contributed by atoms with Gasteiger partial charge in [0.05, 0.1) is 7.11 Å². The Morgan fingerprint density at radius 2 is 2.05 bits per heavy atom. The zero-order valence-corrected chi connectivity index (χ0v) is 11.5. The van der Waals surface area contributed by atoms with E-state index in [1.807, 2.05) is 24.3 Å². The molecule has 6 heteroatoms. The summed E-state index contributed by atoms with van der Waals surface area (Å²) < 4.78 is 5.05. The summed E-state index contributed by atoms with van der Waals surface area (Å²) in [4.78, 5) is 19.3. The maximum Gasteiger partial charge on any atom is 0.249 e. The number of hydrogen-bond donors (Lipinski definition) is 1. The minimum absolute atomic E-state index is 0.273. The van der Waals surface area contributed by atoms with Crippen molar-refractivity contribution in [3.63, 3.8) is 0 Å². The highest BCUT2D eigenvalue weighted by atomic mass is 35.5. The van der Waals surface area contributed by atoms with Crippen LogP contribution in [0.2, 0.25) is 5.15 Å². The van der Waals surface area contributed by atoms with Crippen LogP contribution in [0.5, 0.6) is 5.75 Å². The maximum absolute atomic E-state index is 11.7. The average molecular weight is 290 g/mol. The standard InChI is InChI=1S/C14H12ClN3O2/c1-20-11-5-2-10(3-6-11)4-7-14(19)18-13-8-12(15)16-9-17-13/h2-9H,1H3,(H,16,17,18,19)/b7-4+. The topological polar surface area (TPSA) is 64.1 Å². The first-order chi connectivity index (χ1) is 9.67. The van der Waals surface area contributed by atoms with Crippen molar-refractivity contribution in [2.75, 3.05) is 12.4 Å². The molecule has 0 aliphatic carbocycles. The second kappa shape index (κ2) is 6.68. The Morgan fingerprint density at radius 3 is 2.70 bits per heavy atom. The van der Waals surface area contributed by atoms with Crippen LogP contribution >= 0.6 is 11.6 Å². The van der Waals surface area contributed by atoms with Gasteiger partial charge < -0.3 is 10.1 Å². The van der Waals surface area contributed by atoms with Gasteiger partial charge in [-0.05, 0) is 23.8 Å². The van der Waals surface area contributed by atoms with Crippen LogP contribution in [0, 0.1) is 0 Å². The molecule has 5 nitrogen and oxygen atoms in total. The number of amides is 1. The van der Waals surface area contributed by atoms with Crippen LogP contribution in [0.25, 0.3) is 6.08 Å². The van der Waals surface area contributed by atoms with Crippen molar-refractivity contribution in [2.24, 2.45) is 0 Å². The molecule has 0 saturated carbocycles. The number of benzene rings is 1. The van der Waals surface area contributed by atoms with Gasteiger partial charge in [0, 0.05) is 12.1 Å². The first kappa shape index (κ1) is 14.0. The SMILES string of the molecule is COc1ccc(/C=C/C(=O)Nc2cc(Cl)ncn2)cc1. The monoisotopic (exact) mass is 289 g/mol. The molecule has 1 heterocycles. The van der Waals surface area contributed by atoms with Crippen molar-refractivity contribution >= 4 is 29.4 Å². The van der Waals surface area contributed by atoms with Gasteiger partial charge in [0.1, 0.15) is 23.0 Å². The second-order valence-corrected chi connectivity index (χ2v) is 4.21. The average Bonchev–Trinajstić information content (AvgIpc) is 2.46. The van der Waals surface area contributed by atoms with E-state index in [1.165, 1.54) is 18.5 Å². The van der Waals surface area contributed by atoms with Gasteiger partial charge in [0.15, 0.2) is 0 Å². The summed E-state index contributed by atoms with van der Waals surface area (Å²) in [6, 6.07) is 8.82. The summed E-state index contributed by atoms with van der Waals surface area (Å²) in [5, 5.41) is 2.86. The molecular weight excluding hydrogens is 278 g/mol. The molecule has 0 saturated heterocycles. The van der Waals surface area contributed by atoms with E-state index in [9.17, 15) is 4.79 Å². The van der Waals surface area contributed by atoms with Crippen LogP contribution in [-0.2, 0) is 4.79 Å². The molecule has 2 rings (SSSR count). The third-order valence-corrected chi connectivity index (χ3v) is 2.63. The third-order valence-electron chi connectivity index (χ3n) is 2.43. The molecule has 1 amide bonds. The summed E-state index contributed by atoms with van der Waals surface area (Å²) >= 11 is 5.70. The summed E-state index contributed by atoms with van der Waals surface area (Å²) in [6.07, 6.45) is 4.39. The Bertz CT molecular complexity index is 627. The van der Waals surface area contributed by atoms with Crippen molar-refractivity contribution in [2.45, 2.75) is 0 Å². The van der Waals surface area contributed by atoms with E-state index < -0.39 is 0 Å². The molecule has 0 aliphatic rings. The molecule has 1 aromatic carbocycles. The molecule has 102 valence electrons. The Kier molecular flexibility index (Phi) is 4.68. The number of ether oxygens (including phenoxy) is 1. The molecule has 0 aliphatic heterocycles. The van der Waals surface area contributed by atoms with Crippen LogP contribution in [0.1, 0.15) is 5.56 Å². The summed E-state index contributed by atoms with van der Waals surface area (Å²) in [5.74, 6) is 0.826. The highest BCUT2D eigenvalue weighted by molar-refractivity contribution is 6.29. The van der Waals surface area contributed by atoms with Crippen LogP contribution in [0.15, 0.2) is 42.7 Å². The lowest BCUT2D eigenvalue weighted by atomic mass is 10.2. The Labute approximate surface area is 121 Å². The van der Waals surface area contributed by atoms with Gasteiger partial charge in [-0.3, -0.25) is 4.79 Å². The van der Waals surface area contributed by atoms with E-state index in [1.54, 1.807) is 13.2 Å². The van der Waals surface area contributed by atoms with Gasteiger partial charge in [0.2, 0.25) is 5.91 Å². The highest BCUT2D eigenvalue weighted by Crippen LogP contribution is 2.12. The maximum atomic E-state index is 11.7. The predicted molar refractivity (Wildman–Crippen MR) is 77.7 cm³/mol. The molecule has 0 unspecified atom stereocenters. The number of rotatable bonds is 4. The first-order valence-corrected chi connectivity index (χ1v) is 6.16. The second-order valence-electron chi connectivity index (χ2n) is 3.82. The number of nitrogens with zero attached hydrogens (tertiary/aromatic N) is 2. The van der Waals surface area contributed by atoms with Crippen LogP contribution in [0.3, 0.4) is 0 Å². The predicted octanol–water partition coefficient (Wildman–Crippen LogP) is 2.79. The van der Waals surface area contributed by atoms with Gasteiger partial charge in [-0.15, -0.1) is 0 Å². The highest BCUT2D eigenvalue weighted by Gasteiger charge is 2.00. The number of halogens is 1. The van der Waals surface area contributed by atoms with E-state index in [-0.39, 0.29) is 11.1 Å². The molecular formula is C14H12ClN3O2. The number of carbonyl (C=O) groups is 1. The van der Waals surface area contributed by atoms with Crippen LogP contribution in [-0.4, -0.2) is 23.0 Å². The van der Waals surface area contributed by atoms with E-state index in [2.05, 4.69) is 15.3 Å². The van der Waals surface area contributed by atoms with Gasteiger partial charge in [-0.2, -0.15) is 0 Å². The van der Waals surface area contributed by atoms with Crippen LogP contribution in [0.4, 0.5) is 5.82 Å². The van der Waals surface area contributed by atoms with Crippen molar-refractivity contribution in [3.8, 4) is 5.75 Å². The summed E-state index contributed by atoms with van der Waals surface area (Å²) in [6.45, 7) is 0. The largest absolute Gasteiger partial charge is 0.497 e. The minimum atomic E-state index is -0.296. The number of aromatic nitrogens is 2. The van der Waals surface area contributed by atoms with Gasteiger partial charge in [0.25, 0.3) is 0 Å². The minimum Gasteiger partial charge on any atom is -0.497 e. The summed E-state index contributed by atoms with van der Waals surface area (Å²) in [7, 11) is 1.60. The van der Waals surface area contributed by atoms with Crippen molar-refractivity contribution in [1.82, 2.24) is 9.97 Å². The van der Waals surface area contributed by atoms with Crippen molar-refractivity contribution in [3.05, 3.63) is 53.5 Å². The third kappa shape index (κ3) is 4.07. The van der Waals surface area contributed by atoms with Crippen molar-refractivity contribution in [1.29, 1.82) is 0 Å². The number of methoxy groups -OCH3 is 1. The number of nitrogens with one attached hydrogen (secondary N) is 1. The first-order valence-electron chi connectivity index (χ1n) is 5.78. The molecule has 2 aromatic rings. The molecule has 0 radical (unpaired) electrons. The molecule has 1 aromatic heterocycles. The van der Waals surface area contributed by atoms with E-state index in [0.29, 0.717) is 5.82 Å². The lowest BCUT2D eigenvalue weighted by Crippen LogP contribution is -2.09. The van der Waals surface area contributed by atoms with E-state index in [4.69, 9.17) is 16.3 Å². The van der Waals surface area contributed by atoms with E-state index in [0.717, 1.165) is 11.3 Å². The lowest BCUT2D eigenvalue weighted by Gasteiger charge is -2.01. The zero-order chi connectivity index (χ0) is 14.4. The molecule has 0 fully saturated rings. The number of anilines is 1. The molecule has 20 heavy (non-hydrogen) atoms. The molecule has 0 spiro atoms. The molecule has 1 N–H and O–H groups in total.